The number of rotatable bonds is 6. The first-order valence-corrected chi connectivity index (χ1v) is 5.85. The van der Waals surface area contributed by atoms with Crippen LogP contribution in [-0.4, -0.2) is 44.1 Å². The van der Waals surface area contributed by atoms with Crippen molar-refractivity contribution in [2.24, 2.45) is 16.6 Å². The van der Waals surface area contributed by atoms with Crippen LogP contribution in [0.25, 0.3) is 0 Å². The van der Waals surface area contributed by atoms with Gasteiger partial charge in [-0.15, -0.1) is 0 Å². The molecule has 0 aliphatic heterocycles. The lowest BCUT2D eigenvalue weighted by Gasteiger charge is -2.22. The molecule has 0 saturated heterocycles. The maximum Gasteiger partial charge on any atom is 0.188 e. The topological polar surface area (TPSA) is 53.6 Å². The van der Waals surface area contributed by atoms with Crippen molar-refractivity contribution in [3.8, 4) is 0 Å². The zero-order chi connectivity index (χ0) is 11.3. The standard InChI is InChI=1S/C11H24N4/c1-4-7-13-11(12)14-8-10(15(2)3)9-5-6-9/h9-10H,4-8H2,1-3H3,(H3,12,13,14). The molecule has 0 amide bonds. The molecule has 1 rings (SSSR count). The summed E-state index contributed by atoms with van der Waals surface area (Å²) in [6, 6.07) is 0.562. The van der Waals surface area contributed by atoms with Gasteiger partial charge in [0, 0.05) is 12.6 Å². The summed E-state index contributed by atoms with van der Waals surface area (Å²) in [4.78, 5) is 6.64. The van der Waals surface area contributed by atoms with Crippen LogP contribution in [0.1, 0.15) is 26.2 Å². The second kappa shape index (κ2) is 5.95. The third kappa shape index (κ3) is 4.51. The summed E-state index contributed by atoms with van der Waals surface area (Å²) < 4.78 is 0. The molecule has 3 N–H and O–H groups in total. The van der Waals surface area contributed by atoms with Crippen molar-refractivity contribution in [1.82, 2.24) is 10.2 Å². The molecule has 15 heavy (non-hydrogen) atoms. The molecule has 1 aliphatic carbocycles. The first-order valence-electron chi connectivity index (χ1n) is 5.85. The predicted molar refractivity (Wildman–Crippen MR) is 65.0 cm³/mol. The molecule has 0 spiro atoms. The fraction of sp³-hybridized carbons (Fsp3) is 0.909. The molecule has 0 aromatic carbocycles. The lowest BCUT2D eigenvalue weighted by Crippen LogP contribution is -2.36. The van der Waals surface area contributed by atoms with E-state index < -0.39 is 0 Å². The van der Waals surface area contributed by atoms with Crippen molar-refractivity contribution >= 4 is 5.96 Å². The Morgan fingerprint density at radius 3 is 2.67 bits per heavy atom. The minimum Gasteiger partial charge on any atom is -0.370 e. The first-order chi connectivity index (χ1) is 7.15. The largest absolute Gasteiger partial charge is 0.370 e. The van der Waals surface area contributed by atoms with E-state index in [-0.39, 0.29) is 0 Å². The van der Waals surface area contributed by atoms with Crippen LogP contribution < -0.4 is 11.1 Å². The third-order valence-electron chi connectivity index (χ3n) is 2.83. The second-order valence-corrected chi connectivity index (χ2v) is 4.52. The molecule has 0 heterocycles. The van der Waals surface area contributed by atoms with Crippen molar-refractivity contribution in [2.75, 3.05) is 27.2 Å². The van der Waals surface area contributed by atoms with E-state index in [0.29, 0.717) is 12.0 Å². The Balaban J connectivity index is 2.31. The van der Waals surface area contributed by atoms with E-state index in [0.717, 1.165) is 25.4 Å². The Labute approximate surface area is 92.9 Å². The van der Waals surface area contributed by atoms with Crippen molar-refractivity contribution in [3.05, 3.63) is 0 Å². The summed E-state index contributed by atoms with van der Waals surface area (Å²) in [6.07, 6.45) is 3.78. The molecule has 88 valence electrons. The van der Waals surface area contributed by atoms with E-state index in [9.17, 15) is 0 Å². The molecule has 0 aromatic rings. The van der Waals surface area contributed by atoms with Crippen molar-refractivity contribution in [1.29, 1.82) is 0 Å². The lowest BCUT2D eigenvalue weighted by atomic mass is 10.2. The predicted octanol–water partition coefficient (Wildman–Crippen LogP) is 0.641. The summed E-state index contributed by atoms with van der Waals surface area (Å²) in [6.45, 7) is 3.85. The van der Waals surface area contributed by atoms with Crippen LogP contribution in [0.3, 0.4) is 0 Å². The Morgan fingerprint density at radius 1 is 1.53 bits per heavy atom. The maximum absolute atomic E-state index is 5.75. The molecule has 4 heteroatoms. The molecule has 0 aromatic heterocycles. The molecular weight excluding hydrogens is 188 g/mol. The van der Waals surface area contributed by atoms with E-state index in [2.05, 4.69) is 36.2 Å². The number of aliphatic imine (C=N–C) groups is 1. The highest BCUT2D eigenvalue weighted by Gasteiger charge is 2.32. The van der Waals surface area contributed by atoms with E-state index in [1.54, 1.807) is 0 Å². The number of hydrogen-bond donors (Lipinski definition) is 2. The monoisotopic (exact) mass is 212 g/mol. The SMILES string of the molecule is CCCNC(N)=NCC(C1CC1)N(C)C. The van der Waals surface area contributed by atoms with E-state index in [4.69, 9.17) is 5.73 Å². The van der Waals surface area contributed by atoms with Crippen LogP contribution in [0.15, 0.2) is 4.99 Å². The second-order valence-electron chi connectivity index (χ2n) is 4.52. The van der Waals surface area contributed by atoms with Gasteiger partial charge in [-0.2, -0.15) is 0 Å². The first kappa shape index (κ1) is 12.3. The molecule has 1 unspecified atom stereocenters. The number of nitrogens with one attached hydrogen (secondary N) is 1. The van der Waals surface area contributed by atoms with Gasteiger partial charge < -0.3 is 16.0 Å². The average Bonchev–Trinajstić information content (AvgIpc) is 2.98. The highest BCUT2D eigenvalue weighted by Crippen LogP contribution is 2.34. The Bertz CT molecular complexity index is 207. The normalized spacial score (nSPS) is 19.3. The molecule has 4 nitrogen and oxygen atoms in total. The summed E-state index contributed by atoms with van der Waals surface area (Å²) in [5, 5.41) is 3.10. The fourth-order valence-electron chi connectivity index (χ4n) is 1.72. The van der Waals surface area contributed by atoms with Gasteiger partial charge >= 0.3 is 0 Å². The van der Waals surface area contributed by atoms with Crippen molar-refractivity contribution < 1.29 is 0 Å². The number of nitrogens with zero attached hydrogens (tertiary/aromatic N) is 2. The fourth-order valence-corrected chi connectivity index (χ4v) is 1.72. The van der Waals surface area contributed by atoms with Crippen LogP contribution >= 0.6 is 0 Å². The number of guanidine groups is 1. The van der Waals surface area contributed by atoms with Crippen LogP contribution in [0.4, 0.5) is 0 Å². The molecule has 1 fully saturated rings. The van der Waals surface area contributed by atoms with Gasteiger partial charge in [0.1, 0.15) is 0 Å². The van der Waals surface area contributed by atoms with Gasteiger partial charge in [0.25, 0.3) is 0 Å². The summed E-state index contributed by atoms with van der Waals surface area (Å²) in [7, 11) is 4.24. The third-order valence-corrected chi connectivity index (χ3v) is 2.83. The lowest BCUT2D eigenvalue weighted by molar-refractivity contribution is 0.271. The smallest absolute Gasteiger partial charge is 0.188 e. The molecule has 0 bridgehead atoms. The zero-order valence-electron chi connectivity index (χ0n) is 10.2. The minimum atomic E-state index is 0.562. The molecule has 1 atom stereocenters. The Kier molecular flexibility index (Phi) is 4.88. The highest BCUT2D eigenvalue weighted by molar-refractivity contribution is 5.77. The number of likely N-dealkylation sites (N-methyl/N-ethyl adjacent to an activating group) is 1. The highest BCUT2D eigenvalue weighted by atomic mass is 15.1. The van der Waals surface area contributed by atoms with Crippen LogP contribution in [0, 0.1) is 5.92 Å². The number of nitrogens with two attached hydrogens (primary N) is 1. The van der Waals surface area contributed by atoms with E-state index in [1.165, 1.54) is 12.8 Å². The van der Waals surface area contributed by atoms with E-state index in [1.807, 2.05) is 0 Å². The molecule has 1 saturated carbocycles. The zero-order valence-corrected chi connectivity index (χ0v) is 10.2. The summed E-state index contributed by atoms with van der Waals surface area (Å²) >= 11 is 0. The van der Waals surface area contributed by atoms with Gasteiger partial charge in [-0.05, 0) is 39.3 Å². The Hall–Kier alpha value is -0.770. The quantitative estimate of drug-likeness (QED) is 0.502. The van der Waals surface area contributed by atoms with Crippen LogP contribution in [0.2, 0.25) is 0 Å². The molecule has 1 aliphatic rings. The minimum absolute atomic E-state index is 0.562. The van der Waals surface area contributed by atoms with Crippen LogP contribution in [0.5, 0.6) is 0 Å². The average molecular weight is 212 g/mol. The van der Waals surface area contributed by atoms with Gasteiger partial charge in [0.05, 0.1) is 6.54 Å². The molecule has 0 radical (unpaired) electrons. The van der Waals surface area contributed by atoms with Crippen LogP contribution in [-0.2, 0) is 0 Å². The van der Waals surface area contributed by atoms with Gasteiger partial charge in [0.15, 0.2) is 5.96 Å². The summed E-state index contributed by atoms with van der Waals surface area (Å²) in [5.74, 6) is 1.42. The maximum atomic E-state index is 5.75. The molecular formula is C11H24N4. The van der Waals surface area contributed by atoms with Crippen molar-refractivity contribution in [2.45, 2.75) is 32.2 Å². The summed E-state index contributed by atoms with van der Waals surface area (Å²) in [5.41, 5.74) is 5.75. The van der Waals surface area contributed by atoms with E-state index >= 15 is 0 Å². The van der Waals surface area contributed by atoms with Gasteiger partial charge in [-0.25, -0.2) is 0 Å². The van der Waals surface area contributed by atoms with Gasteiger partial charge in [-0.3, -0.25) is 4.99 Å². The van der Waals surface area contributed by atoms with Crippen molar-refractivity contribution in [3.63, 3.8) is 0 Å². The number of hydrogen-bond acceptors (Lipinski definition) is 2. The Morgan fingerprint density at radius 2 is 2.20 bits per heavy atom. The van der Waals surface area contributed by atoms with Gasteiger partial charge in [0.2, 0.25) is 0 Å². The van der Waals surface area contributed by atoms with Gasteiger partial charge in [-0.1, -0.05) is 6.92 Å².